The number of hydrogen-bond donors (Lipinski definition) is 1. The fourth-order valence-corrected chi connectivity index (χ4v) is 2.93. The van der Waals surface area contributed by atoms with Gasteiger partial charge in [-0.05, 0) is 30.9 Å². The van der Waals surface area contributed by atoms with Crippen molar-refractivity contribution >= 4 is 5.91 Å². The lowest BCUT2D eigenvalue weighted by Gasteiger charge is -2.24. The first-order chi connectivity index (χ1) is 10.2. The molecule has 3 rings (SSSR count). The van der Waals surface area contributed by atoms with Crippen LogP contribution in [0.3, 0.4) is 0 Å². The van der Waals surface area contributed by atoms with E-state index in [4.69, 9.17) is 0 Å². The summed E-state index contributed by atoms with van der Waals surface area (Å²) in [6.07, 6.45) is 7.00. The molecule has 0 aliphatic carbocycles. The molecular formula is C17H21N3O. The van der Waals surface area contributed by atoms with Crippen LogP contribution in [0.25, 0.3) is 0 Å². The number of aromatic nitrogens is 2. The molecule has 110 valence electrons. The van der Waals surface area contributed by atoms with E-state index in [9.17, 15) is 4.79 Å². The summed E-state index contributed by atoms with van der Waals surface area (Å²) in [7, 11) is 0. The maximum Gasteiger partial charge on any atom is 0.220 e. The first kappa shape index (κ1) is 13.9. The quantitative estimate of drug-likeness (QED) is 0.935. The highest BCUT2D eigenvalue weighted by atomic mass is 16.1. The highest BCUT2D eigenvalue weighted by molar-refractivity contribution is 5.76. The summed E-state index contributed by atoms with van der Waals surface area (Å²) in [6.45, 7) is 3.04. The number of benzene rings is 1. The van der Waals surface area contributed by atoms with Crippen molar-refractivity contribution in [2.24, 2.45) is 0 Å². The molecule has 1 unspecified atom stereocenters. The van der Waals surface area contributed by atoms with Gasteiger partial charge in [0.15, 0.2) is 0 Å². The minimum Gasteiger partial charge on any atom is -0.353 e. The molecule has 1 amide bonds. The summed E-state index contributed by atoms with van der Waals surface area (Å²) >= 11 is 0. The van der Waals surface area contributed by atoms with E-state index in [0.29, 0.717) is 6.42 Å². The second kappa shape index (κ2) is 6.12. The zero-order valence-corrected chi connectivity index (χ0v) is 12.4. The van der Waals surface area contributed by atoms with Gasteiger partial charge < -0.3 is 9.88 Å². The van der Waals surface area contributed by atoms with Crippen LogP contribution in [0.1, 0.15) is 29.7 Å². The number of nitrogens with one attached hydrogen (secondary N) is 1. The number of hydrogen-bond acceptors (Lipinski definition) is 2. The maximum absolute atomic E-state index is 12.1. The molecule has 4 heteroatoms. The van der Waals surface area contributed by atoms with Gasteiger partial charge in [0.25, 0.3) is 0 Å². The molecule has 0 radical (unpaired) electrons. The van der Waals surface area contributed by atoms with E-state index in [0.717, 1.165) is 25.8 Å². The molecule has 1 aromatic heterocycles. The van der Waals surface area contributed by atoms with Crippen LogP contribution in [-0.4, -0.2) is 21.5 Å². The number of carbonyl (C=O) groups excluding carboxylic acids is 1. The highest BCUT2D eigenvalue weighted by Crippen LogP contribution is 2.15. The number of nitrogens with zero attached hydrogens (tertiary/aromatic N) is 2. The van der Waals surface area contributed by atoms with Crippen LogP contribution in [0.15, 0.2) is 36.8 Å². The molecule has 21 heavy (non-hydrogen) atoms. The van der Waals surface area contributed by atoms with E-state index in [1.165, 1.54) is 16.8 Å². The Morgan fingerprint density at radius 2 is 2.29 bits per heavy atom. The van der Waals surface area contributed by atoms with Crippen LogP contribution in [0, 0.1) is 6.92 Å². The fourth-order valence-electron chi connectivity index (χ4n) is 2.93. The van der Waals surface area contributed by atoms with E-state index in [-0.39, 0.29) is 11.9 Å². The van der Waals surface area contributed by atoms with Crippen LogP contribution >= 0.6 is 0 Å². The Labute approximate surface area is 125 Å². The molecule has 1 atom stereocenters. The molecule has 0 spiro atoms. The molecule has 0 fully saturated rings. The second-order valence-corrected chi connectivity index (χ2v) is 5.76. The van der Waals surface area contributed by atoms with E-state index in [2.05, 4.69) is 33.9 Å². The van der Waals surface area contributed by atoms with Gasteiger partial charge in [-0.25, -0.2) is 4.98 Å². The summed E-state index contributed by atoms with van der Waals surface area (Å²) in [5.41, 5.74) is 3.73. The third kappa shape index (κ3) is 3.32. The zero-order valence-electron chi connectivity index (χ0n) is 12.4. The van der Waals surface area contributed by atoms with Crippen LogP contribution < -0.4 is 5.32 Å². The zero-order chi connectivity index (χ0) is 14.7. The largest absolute Gasteiger partial charge is 0.353 e. The monoisotopic (exact) mass is 283 g/mol. The minimum atomic E-state index is 0.149. The number of rotatable bonds is 4. The molecule has 4 nitrogen and oxygen atoms in total. The van der Waals surface area contributed by atoms with Crippen molar-refractivity contribution in [3.8, 4) is 0 Å². The fraction of sp³-hybridized carbons (Fsp3) is 0.412. The first-order valence-electron chi connectivity index (χ1n) is 7.55. The van der Waals surface area contributed by atoms with Crippen molar-refractivity contribution in [1.29, 1.82) is 0 Å². The average Bonchev–Trinajstić information content (AvgIpc) is 2.94. The molecule has 0 bridgehead atoms. The Balaban J connectivity index is 1.50. The van der Waals surface area contributed by atoms with E-state index in [1.54, 1.807) is 0 Å². The third-order valence-electron chi connectivity index (χ3n) is 4.22. The summed E-state index contributed by atoms with van der Waals surface area (Å²) in [4.78, 5) is 16.3. The van der Waals surface area contributed by atoms with Gasteiger partial charge in [0.2, 0.25) is 5.91 Å². The van der Waals surface area contributed by atoms with Crippen LogP contribution in [0.5, 0.6) is 0 Å². The summed E-state index contributed by atoms with van der Waals surface area (Å²) in [5.74, 6) is 0.149. The summed E-state index contributed by atoms with van der Waals surface area (Å²) < 4.78 is 2.16. The molecular weight excluding hydrogens is 262 g/mol. The van der Waals surface area contributed by atoms with E-state index < -0.39 is 0 Å². The van der Waals surface area contributed by atoms with E-state index >= 15 is 0 Å². The van der Waals surface area contributed by atoms with Crippen LogP contribution in [0.2, 0.25) is 0 Å². The van der Waals surface area contributed by atoms with Gasteiger partial charge in [-0.2, -0.15) is 0 Å². The van der Waals surface area contributed by atoms with Gasteiger partial charge in [-0.1, -0.05) is 24.3 Å². The smallest absolute Gasteiger partial charge is 0.220 e. The highest BCUT2D eigenvalue weighted by Gasteiger charge is 2.19. The normalized spacial score (nSPS) is 17.3. The van der Waals surface area contributed by atoms with Crippen molar-refractivity contribution in [2.45, 2.75) is 45.2 Å². The van der Waals surface area contributed by atoms with Crippen molar-refractivity contribution < 1.29 is 4.79 Å². The van der Waals surface area contributed by atoms with Crippen LogP contribution in [0.4, 0.5) is 0 Å². The van der Waals surface area contributed by atoms with Crippen molar-refractivity contribution in [1.82, 2.24) is 14.9 Å². The second-order valence-electron chi connectivity index (χ2n) is 5.76. The molecule has 1 aliphatic rings. The molecule has 0 saturated heterocycles. The first-order valence-corrected chi connectivity index (χ1v) is 7.55. The SMILES string of the molecule is Cc1ccccc1CCC(=O)NC1CCn2cncc2C1. The summed E-state index contributed by atoms with van der Waals surface area (Å²) in [6, 6.07) is 8.50. The molecule has 1 N–H and O–H groups in total. The van der Waals surface area contributed by atoms with Crippen LogP contribution in [-0.2, 0) is 24.2 Å². The van der Waals surface area contributed by atoms with Crippen molar-refractivity contribution in [2.75, 3.05) is 0 Å². The Morgan fingerprint density at radius 3 is 3.14 bits per heavy atom. The topological polar surface area (TPSA) is 46.9 Å². The van der Waals surface area contributed by atoms with Gasteiger partial charge in [-0.3, -0.25) is 4.79 Å². The van der Waals surface area contributed by atoms with Crippen molar-refractivity contribution in [3.63, 3.8) is 0 Å². The minimum absolute atomic E-state index is 0.149. The molecule has 0 saturated carbocycles. The predicted octanol–water partition coefficient (Wildman–Crippen LogP) is 2.26. The number of fused-ring (bicyclic) bond motifs is 1. The third-order valence-corrected chi connectivity index (χ3v) is 4.22. The number of aryl methyl sites for hydroxylation is 3. The van der Waals surface area contributed by atoms with Gasteiger partial charge in [-0.15, -0.1) is 0 Å². The summed E-state index contributed by atoms with van der Waals surface area (Å²) in [5, 5.41) is 3.16. The van der Waals surface area contributed by atoms with Gasteiger partial charge in [0.05, 0.1) is 6.33 Å². The predicted molar refractivity (Wildman–Crippen MR) is 82.0 cm³/mol. The lowest BCUT2D eigenvalue weighted by atomic mass is 10.0. The van der Waals surface area contributed by atoms with Gasteiger partial charge in [0, 0.05) is 37.3 Å². The van der Waals surface area contributed by atoms with Gasteiger partial charge >= 0.3 is 0 Å². The number of imidazole rings is 1. The number of carbonyl (C=O) groups is 1. The Hall–Kier alpha value is -2.10. The number of amides is 1. The molecule has 1 aliphatic heterocycles. The standard InChI is InChI=1S/C17H21N3O/c1-13-4-2-3-5-14(13)6-7-17(21)19-15-8-9-20-12-18-11-16(20)10-15/h2-5,11-12,15H,6-10H2,1H3,(H,19,21). The van der Waals surface area contributed by atoms with Crippen molar-refractivity contribution in [3.05, 3.63) is 53.6 Å². The average molecular weight is 283 g/mol. The molecule has 2 heterocycles. The lowest BCUT2D eigenvalue weighted by molar-refractivity contribution is -0.121. The Bertz CT molecular complexity index is 632. The Morgan fingerprint density at radius 1 is 1.43 bits per heavy atom. The maximum atomic E-state index is 12.1. The molecule has 1 aromatic carbocycles. The lowest BCUT2D eigenvalue weighted by Crippen LogP contribution is -2.40. The molecule has 2 aromatic rings. The van der Waals surface area contributed by atoms with Gasteiger partial charge in [0.1, 0.15) is 0 Å². The van der Waals surface area contributed by atoms with E-state index in [1.807, 2.05) is 24.7 Å². The Kier molecular flexibility index (Phi) is 4.04.